The van der Waals surface area contributed by atoms with E-state index in [0.29, 0.717) is 0 Å². The summed E-state index contributed by atoms with van der Waals surface area (Å²) in [6.07, 6.45) is 0. The van der Waals surface area contributed by atoms with Crippen LogP contribution in [0.2, 0.25) is 5.02 Å². The van der Waals surface area contributed by atoms with E-state index < -0.39 is 22.4 Å². The predicted molar refractivity (Wildman–Crippen MR) is 69.5 cm³/mol. The Morgan fingerprint density at radius 2 is 2.00 bits per heavy atom. The van der Waals surface area contributed by atoms with Crippen LogP contribution in [0.25, 0.3) is 0 Å². The van der Waals surface area contributed by atoms with Crippen LogP contribution in [0, 0.1) is 15.9 Å². The van der Waals surface area contributed by atoms with Gasteiger partial charge < -0.3 is 4.74 Å². The molecule has 0 atom stereocenters. The molecule has 5 nitrogen and oxygen atoms in total. The molecule has 102 valence electrons. The molecule has 0 heterocycles. The molecule has 20 heavy (non-hydrogen) atoms. The Balaban J connectivity index is 2.26. The summed E-state index contributed by atoms with van der Waals surface area (Å²) >= 11 is 5.63. The average Bonchev–Trinajstić information content (AvgIpc) is 2.38. The van der Waals surface area contributed by atoms with Gasteiger partial charge in [0.1, 0.15) is 16.6 Å². The van der Waals surface area contributed by atoms with Crippen molar-refractivity contribution in [1.29, 1.82) is 0 Å². The predicted octanol–water partition coefficient (Wildman–Crippen LogP) is 3.61. The lowest BCUT2D eigenvalue weighted by molar-refractivity contribution is -0.384. The molecule has 2 aromatic carbocycles. The number of halogens is 2. The highest BCUT2D eigenvalue weighted by atomic mass is 35.5. The smallest absolute Gasteiger partial charge is 0.343 e. The standard InChI is InChI=1S/C13H7ClFNO4/c14-11-5-4-8(6-12(11)16(18)19)13(17)20-10-3-1-2-9(15)7-10/h1-7H. The molecule has 0 saturated heterocycles. The largest absolute Gasteiger partial charge is 0.423 e. The fraction of sp³-hybridized carbons (Fsp3) is 0. The van der Waals surface area contributed by atoms with Crippen molar-refractivity contribution in [3.63, 3.8) is 0 Å². The minimum atomic E-state index is -0.838. The van der Waals surface area contributed by atoms with E-state index in [1.807, 2.05) is 0 Å². The average molecular weight is 296 g/mol. The lowest BCUT2D eigenvalue weighted by Crippen LogP contribution is -2.09. The minimum Gasteiger partial charge on any atom is -0.423 e. The van der Waals surface area contributed by atoms with E-state index in [9.17, 15) is 19.3 Å². The van der Waals surface area contributed by atoms with Crippen LogP contribution < -0.4 is 4.74 Å². The molecule has 2 rings (SSSR count). The highest BCUT2D eigenvalue weighted by Gasteiger charge is 2.17. The molecule has 2 aromatic rings. The van der Waals surface area contributed by atoms with E-state index in [0.717, 1.165) is 12.1 Å². The maximum absolute atomic E-state index is 12.9. The Labute approximate surface area is 117 Å². The fourth-order valence-corrected chi connectivity index (χ4v) is 1.66. The lowest BCUT2D eigenvalue weighted by Gasteiger charge is -2.04. The van der Waals surface area contributed by atoms with Gasteiger partial charge in [-0.2, -0.15) is 0 Å². The zero-order valence-corrected chi connectivity index (χ0v) is 10.6. The number of nitro benzene ring substituents is 1. The zero-order chi connectivity index (χ0) is 14.7. The van der Waals surface area contributed by atoms with Gasteiger partial charge in [-0.1, -0.05) is 17.7 Å². The third kappa shape index (κ3) is 3.10. The summed E-state index contributed by atoms with van der Waals surface area (Å²) in [5.41, 5.74) is -0.453. The molecule has 0 amide bonds. The molecule has 0 aromatic heterocycles. The molecule has 0 unspecified atom stereocenters. The second kappa shape index (κ2) is 5.66. The van der Waals surface area contributed by atoms with Crippen molar-refractivity contribution in [2.45, 2.75) is 0 Å². The molecule has 0 bridgehead atoms. The first-order valence-corrected chi connectivity index (χ1v) is 5.77. The normalized spacial score (nSPS) is 10.1. The summed E-state index contributed by atoms with van der Waals surface area (Å²) in [5, 5.41) is 10.6. The molecule has 0 aliphatic rings. The zero-order valence-electron chi connectivity index (χ0n) is 9.88. The quantitative estimate of drug-likeness (QED) is 0.375. The number of benzene rings is 2. The monoisotopic (exact) mass is 295 g/mol. The lowest BCUT2D eigenvalue weighted by atomic mass is 10.2. The van der Waals surface area contributed by atoms with Gasteiger partial charge in [0.15, 0.2) is 0 Å². The number of carbonyl (C=O) groups excluding carboxylic acids is 1. The van der Waals surface area contributed by atoms with Crippen molar-refractivity contribution < 1.29 is 18.8 Å². The van der Waals surface area contributed by atoms with Gasteiger partial charge in [0.2, 0.25) is 0 Å². The van der Waals surface area contributed by atoms with E-state index in [2.05, 4.69) is 0 Å². The minimum absolute atomic E-state index is 0.00704. The maximum atomic E-state index is 12.9. The Kier molecular flexibility index (Phi) is 3.95. The number of rotatable bonds is 3. The molecule has 0 spiro atoms. The van der Waals surface area contributed by atoms with Crippen molar-refractivity contribution in [2.24, 2.45) is 0 Å². The topological polar surface area (TPSA) is 69.4 Å². The molecule has 0 aliphatic carbocycles. The Bertz CT molecular complexity index is 690. The number of nitro groups is 1. The number of ether oxygens (including phenoxy) is 1. The van der Waals surface area contributed by atoms with Crippen LogP contribution in [-0.4, -0.2) is 10.9 Å². The summed E-state index contributed by atoms with van der Waals surface area (Å²) in [4.78, 5) is 21.8. The third-order valence-electron chi connectivity index (χ3n) is 2.39. The third-order valence-corrected chi connectivity index (χ3v) is 2.70. The molecule has 0 N–H and O–H groups in total. The van der Waals surface area contributed by atoms with E-state index in [1.54, 1.807) is 0 Å². The molecule has 0 aliphatic heterocycles. The summed E-state index contributed by atoms with van der Waals surface area (Å²) in [6, 6.07) is 8.52. The summed E-state index contributed by atoms with van der Waals surface area (Å²) < 4.78 is 17.9. The van der Waals surface area contributed by atoms with Gasteiger partial charge in [-0.25, -0.2) is 9.18 Å². The first-order valence-electron chi connectivity index (χ1n) is 5.39. The maximum Gasteiger partial charge on any atom is 0.343 e. The highest BCUT2D eigenvalue weighted by Crippen LogP contribution is 2.25. The van der Waals surface area contributed by atoms with Crippen molar-refractivity contribution in [3.05, 3.63) is 69.0 Å². The molecule has 0 fully saturated rings. The van der Waals surface area contributed by atoms with E-state index in [-0.39, 0.29) is 16.3 Å². The second-order valence-corrected chi connectivity index (χ2v) is 4.18. The molecular formula is C13H7ClFNO4. The first kappa shape index (κ1) is 14.0. The van der Waals surface area contributed by atoms with E-state index >= 15 is 0 Å². The van der Waals surface area contributed by atoms with Crippen LogP contribution in [0.3, 0.4) is 0 Å². The van der Waals surface area contributed by atoms with Crippen LogP contribution in [0.1, 0.15) is 10.4 Å². The van der Waals surface area contributed by atoms with Crippen LogP contribution in [-0.2, 0) is 0 Å². The number of carbonyl (C=O) groups is 1. The van der Waals surface area contributed by atoms with Gasteiger partial charge in [0.25, 0.3) is 5.69 Å². The number of hydrogen-bond acceptors (Lipinski definition) is 4. The van der Waals surface area contributed by atoms with Gasteiger partial charge in [0.05, 0.1) is 10.5 Å². The summed E-state index contributed by atoms with van der Waals surface area (Å²) in [6.45, 7) is 0. The van der Waals surface area contributed by atoms with Gasteiger partial charge in [-0.05, 0) is 24.3 Å². The van der Waals surface area contributed by atoms with Gasteiger partial charge in [-0.15, -0.1) is 0 Å². The van der Waals surface area contributed by atoms with Crippen molar-refractivity contribution in [3.8, 4) is 5.75 Å². The Morgan fingerprint density at radius 3 is 2.65 bits per heavy atom. The number of esters is 1. The Hall–Kier alpha value is -2.47. The van der Waals surface area contributed by atoms with Crippen LogP contribution in [0.4, 0.5) is 10.1 Å². The second-order valence-electron chi connectivity index (χ2n) is 3.77. The van der Waals surface area contributed by atoms with Crippen LogP contribution in [0.5, 0.6) is 5.75 Å². The van der Waals surface area contributed by atoms with Crippen molar-refractivity contribution in [2.75, 3.05) is 0 Å². The summed E-state index contributed by atoms with van der Waals surface area (Å²) in [5.74, 6) is -1.39. The van der Waals surface area contributed by atoms with E-state index in [1.165, 1.54) is 30.3 Å². The molecule has 7 heteroatoms. The molecule has 0 saturated carbocycles. The molecular weight excluding hydrogens is 289 g/mol. The molecule has 0 radical (unpaired) electrons. The number of hydrogen-bond donors (Lipinski definition) is 0. The fourth-order valence-electron chi connectivity index (χ4n) is 1.48. The summed E-state index contributed by atoms with van der Waals surface area (Å²) in [7, 11) is 0. The van der Waals surface area contributed by atoms with Gasteiger partial charge >= 0.3 is 5.97 Å². The van der Waals surface area contributed by atoms with Crippen LogP contribution in [0.15, 0.2) is 42.5 Å². The first-order chi connectivity index (χ1) is 9.47. The van der Waals surface area contributed by atoms with E-state index in [4.69, 9.17) is 16.3 Å². The van der Waals surface area contributed by atoms with Crippen LogP contribution >= 0.6 is 11.6 Å². The van der Waals surface area contributed by atoms with Gasteiger partial charge in [0, 0.05) is 12.1 Å². The van der Waals surface area contributed by atoms with Crippen molar-refractivity contribution >= 4 is 23.3 Å². The van der Waals surface area contributed by atoms with Gasteiger partial charge in [-0.3, -0.25) is 10.1 Å². The Morgan fingerprint density at radius 1 is 1.25 bits per heavy atom. The highest BCUT2D eigenvalue weighted by molar-refractivity contribution is 6.32. The number of nitrogens with zero attached hydrogens (tertiary/aromatic N) is 1. The SMILES string of the molecule is O=C(Oc1cccc(F)c1)c1ccc(Cl)c([N+](=O)[O-])c1. The van der Waals surface area contributed by atoms with Crippen molar-refractivity contribution in [1.82, 2.24) is 0 Å².